The van der Waals surface area contributed by atoms with E-state index < -0.39 is 5.97 Å². The van der Waals surface area contributed by atoms with Gasteiger partial charge in [-0.15, -0.1) is 0 Å². The molecule has 174 valence electrons. The molecular formula is C25H24BrN5O3. The fourth-order valence-corrected chi connectivity index (χ4v) is 3.90. The second kappa shape index (κ2) is 10.5. The first kappa shape index (κ1) is 23.4. The third-order valence-electron chi connectivity index (χ3n) is 5.32. The van der Waals surface area contributed by atoms with Gasteiger partial charge >= 0.3 is 5.97 Å². The molecule has 34 heavy (non-hydrogen) atoms. The smallest absolute Gasteiger partial charge is 0.306 e. The Balaban J connectivity index is 1.53. The summed E-state index contributed by atoms with van der Waals surface area (Å²) in [6, 6.07) is 17.6. The maximum Gasteiger partial charge on any atom is 0.306 e. The molecule has 0 aliphatic carbocycles. The molecule has 2 aromatic carbocycles. The summed E-state index contributed by atoms with van der Waals surface area (Å²) < 4.78 is 7.14. The molecule has 2 N–H and O–H groups in total. The Morgan fingerprint density at radius 2 is 1.91 bits per heavy atom. The lowest BCUT2D eigenvalue weighted by Gasteiger charge is -2.13. The second-order valence-electron chi connectivity index (χ2n) is 7.75. The summed E-state index contributed by atoms with van der Waals surface area (Å²) in [4.78, 5) is 28.2. The molecule has 0 saturated heterocycles. The highest BCUT2D eigenvalue weighted by atomic mass is 79.9. The number of ether oxygens (including phenoxy) is 1. The predicted molar refractivity (Wildman–Crippen MR) is 135 cm³/mol. The van der Waals surface area contributed by atoms with Gasteiger partial charge in [0, 0.05) is 30.3 Å². The predicted octanol–water partition coefficient (Wildman–Crippen LogP) is 4.97. The Kier molecular flexibility index (Phi) is 7.22. The maximum absolute atomic E-state index is 12.1. The SMILES string of the molecule is COC(=O)CCC(=O)Nc1cccc(CNc2cc(-c3ccccc3C)nc3c(Br)cnn23)c1. The van der Waals surface area contributed by atoms with Crippen LogP contribution in [0.2, 0.25) is 0 Å². The number of halogens is 1. The molecule has 0 spiro atoms. The first-order valence-corrected chi connectivity index (χ1v) is 11.5. The monoisotopic (exact) mass is 521 g/mol. The number of fused-ring (bicyclic) bond motifs is 1. The number of rotatable bonds is 8. The molecule has 0 saturated carbocycles. The Bertz CT molecular complexity index is 1350. The van der Waals surface area contributed by atoms with Crippen molar-refractivity contribution in [1.29, 1.82) is 0 Å². The van der Waals surface area contributed by atoms with Crippen LogP contribution >= 0.6 is 15.9 Å². The van der Waals surface area contributed by atoms with Gasteiger partial charge < -0.3 is 15.4 Å². The average Bonchev–Trinajstić information content (AvgIpc) is 3.22. The number of hydrogen-bond acceptors (Lipinski definition) is 6. The van der Waals surface area contributed by atoms with Crippen LogP contribution in [0, 0.1) is 6.92 Å². The van der Waals surface area contributed by atoms with Crippen molar-refractivity contribution < 1.29 is 14.3 Å². The zero-order valence-corrected chi connectivity index (χ0v) is 20.4. The van der Waals surface area contributed by atoms with Crippen LogP contribution in [0.4, 0.5) is 11.5 Å². The summed E-state index contributed by atoms with van der Waals surface area (Å²) in [5.74, 6) is 0.143. The van der Waals surface area contributed by atoms with Crippen LogP contribution in [0.3, 0.4) is 0 Å². The number of esters is 1. The molecule has 0 radical (unpaired) electrons. The largest absolute Gasteiger partial charge is 0.469 e. The minimum absolute atomic E-state index is 0.0459. The molecule has 0 aliphatic rings. The number of methoxy groups -OCH3 is 1. The fraction of sp³-hybridized carbons (Fsp3) is 0.200. The van der Waals surface area contributed by atoms with Crippen molar-refractivity contribution in [1.82, 2.24) is 14.6 Å². The van der Waals surface area contributed by atoms with Crippen molar-refractivity contribution in [2.45, 2.75) is 26.3 Å². The van der Waals surface area contributed by atoms with Crippen LogP contribution in [0.25, 0.3) is 16.9 Å². The summed E-state index contributed by atoms with van der Waals surface area (Å²) in [5, 5.41) is 10.7. The van der Waals surface area contributed by atoms with Crippen molar-refractivity contribution in [2.24, 2.45) is 0 Å². The number of amides is 1. The lowest BCUT2D eigenvalue weighted by molar-refractivity contribution is -0.141. The highest BCUT2D eigenvalue weighted by Gasteiger charge is 2.13. The fourth-order valence-electron chi connectivity index (χ4n) is 3.55. The van der Waals surface area contributed by atoms with E-state index in [0.717, 1.165) is 38.3 Å². The van der Waals surface area contributed by atoms with Crippen LogP contribution in [0.5, 0.6) is 0 Å². The lowest BCUT2D eigenvalue weighted by Crippen LogP contribution is -2.14. The van der Waals surface area contributed by atoms with Gasteiger partial charge in [-0.2, -0.15) is 9.61 Å². The van der Waals surface area contributed by atoms with Crippen molar-refractivity contribution in [3.8, 4) is 11.3 Å². The van der Waals surface area contributed by atoms with Gasteiger partial charge in [0.1, 0.15) is 5.82 Å². The zero-order chi connectivity index (χ0) is 24.1. The van der Waals surface area contributed by atoms with Crippen LogP contribution in [0.1, 0.15) is 24.0 Å². The minimum atomic E-state index is -0.410. The first-order valence-electron chi connectivity index (χ1n) is 10.7. The van der Waals surface area contributed by atoms with E-state index >= 15 is 0 Å². The molecule has 9 heteroatoms. The second-order valence-corrected chi connectivity index (χ2v) is 8.60. The summed E-state index contributed by atoms with van der Waals surface area (Å²) >= 11 is 3.54. The van der Waals surface area contributed by atoms with E-state index in [-0.39, 0.29) is 18.7 Å². The van der Waals surface area contributed by atoms with Gasteiger partial charge in [0.25, 0.3) is 0 Å². The van der Waals surface area contributed by atoms with Crippen molar-refractivity contribution in [2.75, 3.05) is 17.7 Å². The Morgan fingerprint density at radius 3 is 2.71 bits per heavy atom. The summed E-state index contributed by atoms with van der Waals surface area (Å²) in [6.45, 7) is 2.57. The maximum atomic E-state index is 12.1. The molecule has 2 aromatic heterocycles. The average molecular weight is 522 g/mol. The minimum Gasteiger partial charge on any atom is -0.469 e. The number of anilines is 2. The number of aromatic nitrogens is 3. The van der Waals surface area contributed by atoms with E-state index in [1.54, 1.807) is 10.7 Å². The van der Waals surface area contributed by atoms with E-state index in [9.17, 15) is 9.59 Å². The molecule has 0 bridgehead atoms. The van der Waals surface area contributed by atoms with Crippen LogP contribution < -0.4 is 10.6 Å². The van der Waals surface area contributed by atoms with Gasteiger partial charge in [0.2, 0.25) is 5.91 Å². The van der Waals surface area contributed by atoms with E-state index in [1.807, 2.05) is 42.5 Å². The molecule has 0 fully saturated rings. The molecule has 4 rings (SSSR count). The van der Waals surface area contributed by atoms with Gasteiger partial charge in [-0.05, 0) is 46.1 Å². The quantitative estimate of drug-likeness (QED) is 0.317. The van der Waals surface area contributed by atoms with Gasteiger partial charge in [-0.1, -0.05) is 36.4 Å². The van der Waals surface area contributed by atoms with Crippen molar-refractivity contribution >= 4 is 45.0 Å². The van der Waals surface area contributed by atoms with E-state index in [0.29, 0.717) is 12.2 Å². The number of carbonyl (C=O) groups excluding carboxylic acids is 2. The molecule has 0 aliphatic heterocycles. The molecular weight excluding hydrogens is 498 g/mol. The van der Waals surface area contributed by atoms with Crippen LogP contribution in [-0.4, -0.2) is 33.6 Å². The number of carbonyl (C=O) groups is 2. The first-order chi connectivity index (χ1) is 16.4. The highest BCUT2D eigenvalue weighted by molar-refractivity contribution is 9.10. The Labute approximate surface area is 205 Å². The number of benzene rings is 2. The van der Waals surface area contributed by atoms with Gasteiger partial charge in [0.15, 0.2) is 5.65 Å². The molecule has 0 atom stereocenters. The van der Waals surface area contributed by atoms with Crippen molar-refractivity contribution in [3.05, 3.63) is 76.4 Å². The lowest BCUT2D eigenvalue weighted by atomic mass is 10.1. The summed E-state index contributed by atoms with van der Waals surface area (Å²) in [5.41, 5.74) is 5.39. The van der Waals surface area contributed by atoms with Gasteiger partial charge in [-0.25, -0.2) is 4.98 Å². The third kappa shape index (κ3) is 5.43. The molecule has 0 unspecified atom stereocenters. The third-order valence-corrected chi connectivity index (χ3v) is 5.88. The summed E-state index contributed by atoms with van der Waals surface area (Å²) in [6.07, 6.45) is 1.84. The van der Waals surface area contributed by atoms with Gasteiger partial charge in [0.05, 0.1) is 29.9 Å². The van der Waals surface area contributed by atoms with E-state index in [4.69, 9.17) is 4.98 Å². The van der Waals surface area contributed by atoms with E-state index in [2.05, 4.69) is 55.5 Å². The Morgan fingerprint density at radius 1 is 1.09 bits per heavy atom. The summed E-state index contributed by atoms with van der Waals surface area (Å²) in [7, 11) is 1.30. The normalized spacial score (nSPS) is 10.8. The van der Waals surface area contributed by atoms with Crippen LogP contribution in [-0.2, 0) is 20.9 Å². The molecule has 4 aromatic rings. The van der Waals surface area contributed by atoms with Gasteiger partial charge in [-0.3, -0.25) is 9.59 Å². The number of aryl methyl sites for hydroxylation is 1. The van der Waals surface area contributed by atoms with E-state index in [1.165, 1.54) is 7.11 Å². The highest BCUT2D eigenvalue weighted by Crippen LogP contribution is 2.28. The topological polar surface area (TPSA) is 97.6 Å². The Hall–Kier alpha value is -3.72. The zero-order valence-electron chi connectivity index (χ0n) is 18.8. The molecule has 2 heterocycles. The number of nitrogens with zero attached hydrogens (tertiary/aromatic N) is 3. The number of hydrogen-bond donors (Lipinski definition) is 2. The number of nitrogens with one attached hydrogen (secondary N) is 2. The molecule has 8 nitrogen and oxygen atoms in total. The van der Waals surface area contributed by atoms with Crippen molar-refractivity contribution in [3.63, 3.8) is 0 Å². The standard InChI is InChI=1S/C25H24BrN5O3/c1-16-6-3-4-9-19(16)21-13-22(31-25(30-21)20(26)15-28-31)27-14-17-7-5-8-18(12-17)29-23(32)10-11-24(33)34-2/h3-9,12-13,15,27H,10-11,14H2,1-2H3,(H,29,32). The molecule has 1 amide bonds. The van der Waals surface area contributed by atoms with Crippen LogP contribution in [0.15, 0.2) is 65.3 Å².